The van der Waals surface area contributed by atoms with E-state index in [9.17, 15) is 18.0 Å². The van der Waals surface area contributed by atoms with Gasteiger partial charge in [0, 0.05) is 5.69 Å². The summed E-state index contributed by atoms with van der Waals surface area (Å²) in [4.78, 5) is 18.9. The molecule has 1 heterocycles. The molecule has 0 radical (unpaired) electrons. The molecule has 0 atom stereocenters. The summed E-state index contributed by atoms with van der Waals surface area (Å²) in [5.74, 6) is -0.262. The molecule has 1 aromatic heterocycles. The van der Waals surface area contributed by atoms with Gasteiger partial charge in [-0.25, -0.2) is 4.98 Å². The number of carbonyl (C=O) groups is 1. The number of amides is 1. The summed E-state index contributed by atoms with van der Waals surface area (Å²) in [6.07, 6.45) is -4.42. The molecule has 2 aromatic carbocycles. The van der Waals surface area contributed by atoms with E-state index in [4.69, 9.17) is 5.26 Å². The average molecular weight is 376 g/mol. The smallest absolute Gasteiger partial charge is 0.333 e. The Bertz CT molecular complexity index is 990. The molecular weight excluding hydrogens is 365 g/mol. The fraction of sp³-hybridized carbons (Fsp3) is 0.118. The highest BCUT2D eigenvalue weighted by atomic mass is 32.2. The molecule has 9 heteroatoms. The molecule has 5 nitrogen and oxygen atoms in total. The van der Waals surface area contributed by atoms with Gasteiger partial charge in [0.1, 0.15) is 0 Å². The number of hydrogen-bond acceptors (Lipinski definition) is 4. The first kappa shape index (κ1) is 17.8. The van der Waals surface area contributed by atoms with Gasteiger partial charge in [0.05, 0.1) is 34.0 Å². The van der Waals surface area contributed by atoms with Gasteiger partial charge in [0.25, 0.3) is 0 Å². The molecule has 1 amide bonds. The molecule has 0 aliphatic heterocycles. The number of H-pyrrole nitrogens is 1. The number of anilines is 1. The summed E-state index contributed by atoms with van der Waals surface area (Å²) in [7, 11) is 0. The maximum atomic E-state index is 12.7. The topological polar surface area (TPSA) is 81.6 Å². The average Bonchev–Trinajstić information content (AvgIpc) is 3.02. The Balaban J connectivity index is 1.63. The lowest BCUT2D eigenvalue weighted by Gasteiger charge is -2.05. The van der Waals surface area contributed by atoms with Gasteiger partial charge in [0.2, 0.25) is 5.91 Å². The number of aromatic amines is 1. The minimum atomic E-state index is -4.42. The Hall–Kier alpha value is -2.99. The third-order valence-corrected chi connectivity index (χ3v) is 4.30. The number of halogens is 3. The van der Waals surface area contributed by atoms with Gasteiger partial charge in [-0.3, -0.25) is 4.79 Å². The molecule has 0 fully saturated rings. The fourth-order valence-corrected chi connectivity index (χ4v) is 2.87. The number of benzene rings is 2. The SMILES string of the molecule is N#Cc1ccc(NC(=O)CSc2nc3ccc(C(F)(F)F)cc3[nH]2)cc1. The number of fused-ring (bicyclic) bond motifs is 1. The molecule has 0 bridgehead atoms. The lowest BCUT2D eigenvalue weighted by Crippen LogP contribution is -2.14. The largest absolute Gasteiger partial charge is 0.416 e. The molecule has 0 aliphatic rings. The number of nitrogens with one attached hydrogen (secondary N) is 2. The van der Waals surface area contributed by atoms with E-state index in [1.165, 1.54) is 6.07 Å². The molecule has 2 N–H and O–H groups in total. The second kappa shape index (κ2) is 7.09. The number of rotatable bonds is 4. The standard InChI is InChI=1S/C17H11F3N4OS/c18-17(19,20)11-3-6-13-14(7-11)24-16(23-13)26-9-15(25)22-12-4-1-10(8-21)2-5-12/h1-7H,9H2,(H,22,25)(H,23,24). The van der Waals surface area contributed by atoms with Gasteiger partial charge < -0.3 is 10.3 Å². The van der Waals surface area contributed by atoms with E-state index in [0.29, 0.717) is 21.9 Å². The lowest BCUT2D eigenvalue weighted by molar-refractivity contribution is -0.137. The first-order valence-electron chi connectivity index (χ1n) is 7.35. The Kier molecular flexibility index (Phi) is 4.86. The van der Waals surface area contributed by atoms with Crippen molar-refractivity contribution in [3.8, 4) is 6.07 Å². The van der Waals surface area contributed by atoms with Gasteiger partial charge >= 0.3 is 6.18 Å². The van der Waals surface area contributed by atoms with Crippen LogP contribution in [0.1, 0.15) is 11.1 Å². The van der Waals surface area contributed by atoms with Crippen LogP contribution in [0.25, 0.3) is 11.0 Å². The van der Waals surface area contributed by atoms with Gasteiger partial charge in [0.15, 0.2) is 5.16 Å². The third-order valence-electron chi connectivity index (χ3n) is 3.43. The number of imidazole rings is 1. The second-order valence-corrected chi connectivity index (χ2v) is 6.26. The van der Waals surface area contributed by atoms with Crippen LogP contribution < -0.4 is 5.32 Å². The maximum absolute atomic E-state index is 12.7. The highest BCUT2D eigenvalue weighted by Gasteiger charge is 2.30. The van der Waals surface area contributed by atoms with Crippen LogP contribution in [-0.4, -0.2) is 21.6 Å². The summed E-state index contributed by atoms with van der Waals surface area (Å²) in [6.45, 7) is 0. The van der Waals surface area contributed by atoms with Crippen LogP contribution in [0.4, 0.5) is 18.9 Å². The Morgan fingerprint density at radius 2 is 1.96 bits per heavy atom. The minimum absolute atomic E-state index is 0.0337. The number of carbonyl (C=O) groups excluding carboxylic acids is 1. The Labute approximate surface area is 150 Å². The van der Waals surface area contributed by atoms with E-state index in [1.807, 2.05) is 6.07 Å². The molecule has 0 spiro atoms. The molecule has 0 unspecified atom stereocenters. The van der Waals surface area contributed by atoms with Crippen LogP contribution in [0.2, 0.25) is 0 Å². The predicted octanol–water partition coefficient (Wildman–Crippen LogP) is 4.18. The first-order valence-corrected chi connectivity index (χ1v) is 8.33. The van der Waals surface area contributed by atoms with Crippen molar-refractivity contribution in [2.24, 2.45) is 0 Å². The highest BCUT2D eigenvalue weighted by molar-refractivity contribution is 7.99. The van der Waals surface area contributed by atoms with Crippen molar-refractivity contribution >= 4 is 34.4 Å². The number of nitrogens with zero attached hydrogens (tertiary/aromatic N) is 2. The van der Waals surface area contributed by atoms with Crippen molar-refractivity contribution in [2.45, 2.75) is 11.3 Å². The molecule has 0 aliphatic carbocycles. The third kappa shape index (κ3) is 4.15. The van der Waals surface area contributed by atoms with Crippen LogP contribution in [0, 0.1) is 11.3 Å². The van der Waals surface area contributed by atoms with E-state index in [0.717, 1.165) is 23.9 Å². The summed E-state index contributed by atoms with van der Waals surface area (Å²) in [5, 5.41) is 11.8. The summed E-state index contributed by atoms with van der Waals surface area (Å²) in [6, 6.07) is 11.6. The van der Waals surface area contributed by atoms with Crippen molar-refractivity contribution in [3.05, 3.63) is 53.6 Å². The number of nitriles is 1. The van der Waals surface area contributed by atoms with Gasteiger partial charge in [-0.1, -0.05) is 11.8 Å². The van der Waals surface area contributed by atoms with E-state index in [-0.39, 0.29) is 17.2 Å². The molecule has 3 rings (SSSR count). The molecular formula is C17H11F3N4OS. The van der Waals surface area contributed by atoms with Crippen molar-refractivity contribution in [1.29, 1.82) is 5.26 Å². The van der Waals surface area contributed by atoms with E-state index >= 15 is 0 Å². The van der Waals surface area contributed by atoms with Crippen molar-refractivity contribution in [1.82, 2.24) is 9.97 Å². The van der Waals surface area contributed by atoms with E-state index < -0.39 is 11.7 Å². The van der Waals surface area contributed by atoms with Crippen molar-refractivity contribution < 1.29 is 18.0 Å². The predicted molar refractivity (Wildman–Crippen MR) is 91.6 cm³/mol. The fourth-order valence-electron chi connectivity index (χ4n) is 2.19. The molecule has 0 saturated heterocycles. The zero-order valence-corrected chi connectivity index (χ0v) is 13.9. The van der Waals surface area contributed by atoms with Crippen LogP contribution in [0.15, 0.2) is 47.6 Å². The molecule has 132 valence electrons. The van der Waals surface area contributed by atoms with Crippen molar-refractivity contribution in [3.63, 3.8) is 0 Å². The normalized spacial score (nSPS) is 11.3. The Morgan fingerprint density at radius 1 is 1.23 bits per heavy atom. The van der Waals surface area contributed by atoms with E-state index in [2.05, 4.69) is 15.3 Å². The summed E-state index contributed by atoms with van der Waals surface area (Å²) >= 11 is 1.08. The zero-order valence-electron chi connectivity index (χ0n) is 13.1. The minimum Gasteiger partial charge on any atom is -0.333 e. The van der Waals surface area contributed by atoms with Gasteiger partial charge in [-0.15, -0.1) is 0 Å². The van der Waals surface area contributed by atoms with Crippen molar-refractivity contribution in [2.75, 3.05) is 11.1 Å². The number of hydrogen-bond donors (Lipinski definition) is 2. The monoisotopic (exact) mass is 376 g/mol. The highest BCUT2D eigenvalue weighted by Crippen LogP contribution is 2.31. The first-order chi connectivity index (χ1) is 12.3. The molecule has 26 heavy (non-hydrogen) atoms. The quantitative estimate of drug-likeness (QED) is 0.669. The Morgan fingerprint density at radius 3 is 2.62 bits per heavy atom. The number of alkyl halides is 3. The maximum Gasteiger partial charge on any atom is 0.416 e. The second-order valence-electron chi connectivity index (χ2n) is 5.30. The van der Waals surface area contributed by atoms with Crippen LogP contribution in [0.5, 0.6) is 0 Å². The molecule has 0 saturated carbocycles. The van der Waals surface area contributed by atoms with E-state index in [1.54, 1.807) is 24.3 Å². The van der Waals surface area contributed by atoms with Crippen LogP contribution >= 0.6 is 11.8 Å². The van der Waals surface area contributed by atoms with Crippen LogP contribution in [-0.2, 0) is 11.0 Å². The zero-order chi connectivity index (χ0) is 18.7. The van der Waals surface area contributed by atoms with Crippen LogP contribution in [0.3, 0.4) is 0 Å². The number of aromatic nitrogens is 2. The lowest BCUT2D eigenvalue weighted by atomic mass is 10.2. The molecule has 3 aromatic rings. The summed E-state index contributed by atoms with van der Waals surface area (Å²) < 4.78 is 38.2. The van der Waals surface area contributed by atoms with Gasteiger partial charge in [-0.2, -0.15) is 18.4 Å². The summed E-state index contributed by atoms with van der Waals surface area (Å²) in [5.41, 5.74) is 0.929. The van der Waals surface area contributed by atoms with Gasteiger partial charge in [-0.05, 0) is 42.5 Å². The number of thioether (sulfide) groups is 1.